The SMILES string of the molecule is C[C@@H](NC(N)=O)C(=O)NCC(C)(C)c1cccc(Br)c1. The molecule has 0 spiro atoms. The Labute approximate surface area is 127 Å². The molecule has 3 amide bonds. The van der Waals surface area contributed by atoms with Gasteiger partial charge in [0.15, 0.2) is 0 Å². The lowest BCUT2D eigenvalue weighted by Gasteiger charge is -2.26. The first kappa shape index (κ1) is 16.5. The second-order valence-corrected chi connectivity index (χ2v) is 6.26. The normalized spacial score (nSPS) is 12.6. The predicted octanol–water partition coefficient (Wildman–Crippen LogP) is 1.90. The zero-order chi connectivity index (χ0) is 15.3. The van der Waals surface area contributed by atoms with E-state index in [1.807, 2.05) is 38.1 Å². The summed E-state index contributed by atoms with van der Waals surface area (Å²) < 4.78 is 0.998. The van der Waals surface area contributed by atoms with Crippen molar-refractivity contribution in [2.45, 2.75) is 32.2 Å². The molecule has 1 aromatic rings. The lowest BCUT2D eigenvalue weighted by atomic mass is 9.84. The molecule has 0 radical (unpaired) electrons. The van der Waals surface area contributed by atoms with E-state index in [1.165, 1.54) is 0 Å². The Hall–Kier alpha value is -1.56. The van der Waals surface area contributed by atoms with Gasteiger partial charge in [-0.25, -0.2) is 4.79 Å². The number of carbonyl (C=O) groups excluding carboxylic acids is 2. The zero-order valence-electron chi connectivity index (χ0n) is 11.9. The summed E-state index contributed by atoms with van der Waals surface area (Å²) in [5.74, 6) is -0.258. The molecule has 0 saturated heterocycles. The van der Waals surface area contributed by atoms with E-state index in [4.69, 9.17) is 5.73 Å². The van der Waals surface area contributed by atoms with Crippen LogP contribution in [0.5, 0.6) is 0 Å². The second kappa shape index (κ2) is 6.74. The number of nitrogens with two attached hydrogens (primary N) is 1. The highest BCUT2D eigenvalue weighted by molar-refractivity contribution is 9.10. The van der Waals surface area contributed by atoms with E-state index in [1.54, 1.807) is 6.92 Å². The minimum atomic E-state index is -0.709. The first-order valence-corrected chi connectivity index (χ1v) is 7.11. The van der Waals surface area contributed by atoms with Gasteiger partial charge in [0.2, 0.25) is 5.91 Å². The average Bonchev–Trinajstić information content (AvgIpc) is 2.35. The number of hydrogen-bond donors (Lipinski definition) is 3. The highest BCUT2D eigenvalue weighted by Crippen LogP contribution is 2.25. The molecule has 0 unspecified atom stereocenters. The van der Waals surface area contributed by atoms with Crippen molar-refractivity contribution in [2.75, 3.05) is 6.54 Å². The van der Waals surface area contributed by atoms with Gasteiger partial charge in [0, 0.05) is 16.4 Å². The minimum absolute atomic E-state index is 0.216. The van der Waals surface area contributed by atoms with Gasteiger partial charge >= 0.3 is 6.03 Å². The Morgan fingerprint density at radius 3 is 2.60 bits per heavy atom. The van der Waals surface area contributed by atoms with Gasteiger partial charge in [0.05, 0.1) is 0 Å². The van der Waals surface area contributed by atoms with Crippen LogP contribution < -0.4 is 16.4 Å². The third kappa shape index (κ3) is 4.85. The Bertz CT molecular complexity index is 503. The van der Waals surface area contributed by atoms with Crippen molar-refractivity contribution in [3.05, 3.63) is 34.3 Å². The van der Waals surface area contributed by atoms with Crippen molar-refractivity contribution in [1.82, 2.24) is 10.6 Å². The molecule has 5 nitrogen and oxygen atoms in total. The molecule has 110 valence electrons. The summed E-state index contributed by atoms with van der Waals surface area (Å²) in [6, 6.07) is 6.60. The molecule has 0 aromatic heterocycles. The predicted molar refractivity (Wildman–Crippen MR) is 82.4 cm³/mol. The van der Waals surface area contributed by atoms with Crippen molar-refractivity contribution in [3.63, 3.8) is 0 Å². The number of halogens is 1. The first-order chi connectivity index (χ1) is 9.22. The number of benzene rings is 1. The van der Waals surface area contributed by atoms with Gasteiger partial charge in [-0.1, -0.05) is 41.9 Å². The number of nitrogens with one attached hydrogen (secondary N) is 2. The lowest BCUT2D eigenvalue weighted by Crippen LogP contribution is -2.49. The molecule has 6 heteroatoms. The Morgan fingerprint density at radius 1 is 1.40 bits per heavy atom. The topological polar surface area (TPSA) is 84.2 Å². The summed E-state index contributed by atoms with van der Waals surface area (Å²) >= 11 is 3.44. The van der Waals surface area contributed by atoms with Crippen LogP contribution in [0.1, 0.15) is 26.3 Å². The van der Waals surface area contributed by atoms with Crippen molar-refractivity contribution in [1.29, 1.82) is 0 Å². The zero-order valence-corrected chi connectivity index (χ0v) is 13.5. The molecule has 0 aliphatic heterocycles. The van der Waals surface area contributed by atoms with Crippen molar-refractivity contribution in [3.8, 4) is 0 Å². The maximum absolute atomic E-state index is 11.8. The Kier molecular flexibility index (Phi) is 5.56. The van der Waals surface area contributed by atoms with E-state index in [-0.39, 0.29) is 11.3 Å². The molecular weight excluding hydrogens is 322 g/mol. The van der Waals surface area contributed by atoms with Crippen LogP contribution in [0.15, 0.2) is 28.7 Å². The van der Waals surface area contributed by atoms with Crippen LogP contribution in [0.3, 0.4) is 0 Å². The van der Waals surface area contributed by atoms with Gasteiger partial charge in [-0.15, -0.1) is 0 Å². The Morgan fingerprint density at radius 2 is 2.05 bits per heavy atom. The third-order valence-corrected chi connectivity index (χ3v) is 3.56. The second-order valence-electron chi connectivity index (χ2n) is 5.34. The Balaban J connectivity index is 2.63. The molecule has 1 aromatic carbocycles. The van der Waals surface area contributed by atoms with Crippen LogP contribution in [0.2, 0.25) is 0 Å². The molecule has 0 fully saturated rings. The van der Waals surface area contributed by atoms with Crippen molar-refractivity contribution < 1.29 is 9.59 Å². The molecule has 1 rings (SSSR count). The van der Waals surface area contributed by atoms with Gasteiger partial charge in [-0.05, 0) is 24.6 Å². The van der Waals surface area contributed by atoms with Gasteiger partial charge < -0.3 is 16.4 Å². The molecule has 0 bridgehead atoms. The molecule has 0 aliphatic rings. The highest BCUT2D eigenvalue weighted by atomic mass is 79.9. The van der Waals surface area contributed by atoms with Crippen LogP contribution in [-0.4, -0.2) is 24.5 Å². The number of amides is 3. The molecule has 20 heavy (non-hydrogen) atoms. The monoisotopic (exact) mass is 341 g/mol. The van der Waals surface area contributed by atoms with Crippen LogP contribution in [0.4, 0.5) is 4.79 Å². The molecule has 0 aliphatic carbocycles. The third-order valence-electron chi connectivity index (χ3n) is 3.06. The molecule has 4 N–H and O–H groups in total. The number of rotatable bonds is 5. The smallest absolute Gasteiger partial charge is 0.312 e. The number of hydrogen-bond acceptors (Lipinski definition) is 2. The van der Waals surface area contributed by atoms with Crippen LogP contribution in [-0.2, 0) is 10.2 Å². The molecule has 1 atom stereocenters. The van der Waals surface area contributed by atoms with Crippen molar-refractivity contribution in [2.24, 2.45) is 5.73 Å². The quantitative estimate of drug-likeness (QED) is 0.764. The van der Waals surface area contributed by atoms with E-state index in [0.29, 0.717) is 6.54 Å². The summed E-state index contributed by atoms with van der Waals surface area (Å²) in [7, 11) is 0. The molecule has 0 heterocycles. The minimum Gasteiger partial charge on any atom is -0.353 e. The summed E-state index contributed by atoms with van der Waals surface area (Å²) in [5, 5.41) is 5.17. The van der Waals surface area contributed by atoms with Gasteiger partial charge in [-0.3, -0.25) is 4.79 Å². The number of carbonyl (C=O) groups is 2. The van der Waals surface area contributed by atoms with E-state index in [2.05, 4.69) is 26.6 Å². The summed E-state index contributed by atoms with van der Waals surface area (Å²) in [6.45, 7) is 6.14. The average molecular weight is 342 g/mol. The summed E-state index contributed by atoms with van der Waals surface area (Å²) in [5.41, 5.74) is 5.88. The maximum Gasteiger partial charge on any atom is 0.312 e. The van der Waals surface area contributed by atoms with Crippen LogP contribution in [0, 0.1) is 0 Å². The fourth-order valence-electron chi connectivity index (χ4n) is 1.75. The fraction of sp³-hybridized carbons (Fsp3) is 0.429. The number of primary amides is 1. The fourth-order valence-corrected chi connectivity index (χ4v) is 2.15. The molecular formula is C14H20BrN3O2. The van der Waals surface area contributed by atoms with E-state index in [9.17, 15) is 9.59 Å². The first-order valence-electron chi connectivity index (χ1n) is 6.32. The van der Waals surface area contributed by atoms with Gasteiger partial charge in [-0.2, -0.15) is 0 Å². The largest absolute Gasteiger partial charge is 0.353 e. The van der Waals surface area contributed by atoms with E-state index < -0.39 is 12.1 Å². The standard InChI is InChI=1S/C14H20BrN3O2/c1-9(18-13(16)20)12(19)17-8-14(2,3)10-5-4-6-11(15)7-10/h4-7,9H,8H2,1-3H3,(H,17,19)(H3,16,18,20)/t9-/m1/s1. The maximum atomic E-state index is 11.8. The van der Waals surface area contributed by atoms with Gasteiger partial charge in [0.1, 0.15) is 6.04 Å². The lowest BCUT2D eigenvalue weighted by molar-refractivity contribution is -0.122. The van der Waals surface area contributed by atoms with Crippen LogP contribution in [0.25, 0.3) is 0 Å². The highest BCUT2D eigenvalue weighted by Gasteiger charge is 2.23. The summed E-state index contributed by atoms with van der Waals surface area (Å²) in [6.07, 6.45) is 0. The van der Waals surface area contributed by atoms with E-state index >= 15 is 0 Å². The summed E-state index contributed by atoms with van der Waals surface area (Å²) in [4.78, 5) is 22.5. The van der Waals surface area contributed by atoms with Crippen LogP contribution >= 0.6 is 15.9 Å². The van der Waals surface area contributed by atoms with E-state index in [0.717, 1.165) is 10.0 Å². The number of urea groups is 1. The molecule has 0 saturated carbocycles. The van der Waals surface area contributed by atoms with Gasteiger partial charge in [0.25, 0.3) is 0 Å². The van der Waals surface area contributed by atoms with Crippen molar-refractivity contribution >= 4 is 27.9 Å².